The van der Waals surface area contributed by atoms with Crippen molar-refractivity contribution in [3.8, 4) is 0 Å². The number of hydrogen-bond acceptors (Lipinski definition) is 3. The molecule has 2 N–H and O–H groups in total. The van der Waals surface area contributed by atoms with Gasteiger partial charge in [-0.1, -0.05) is 32.9 Å². The quantitative estimate of drug-likeness (QED) is 0.921. The molecular formula is C15H25ClN2O2S. The van der Waals surface area contributed by atoms with Gasteiger partial charge in [0.1, 0.15) is 0 Å². The molecule has 0 spiro atoms. The highest BCUT2D eigenvalue weighted by atomic mass is 35.5. The van der Waals surface area contributed by atoms with Crippen molar-refractivity contribution in [1.29, 1.82) is 0 Å². The van der Waals surface area contributed by atoms with Crippen LogP contribution < -0.4 is 5.73 Å². The topological polar surface area (TPSA) is 63.4 Å². The molecule has 1 heterocycles. The van der Waals surface area contributed by atoms with Gasteiger partial charge in [-0.2, -0.15) is 4.31 Å². The fourth-order valence-electron chi connectivity index (χ4n) is 2.40. The minimum absolute atomic E-state index is 0. The van der Waals surface area contributed by atoms with E-state index in [0.29, 0.717) is 18.0 Å². The fraction of sp³-hybridized carbons (Fsp3) is 0.600. The molecule has 1 aromatic rings. The van der Waals surface area contributed by atoms with Crippen LogP contribution in [0.4, 0.5) is 0 Å². The predicted molar refractivity (Wildman–Crippen MR) is 88.4 cm³/mol. The predicted octanol–water partition coefficient (Wildman–Crippen LogP) is 2.52. The lowest BCUT2D eigenvalue weighted by molar-refractivity contribution is 0.472. The summed E-state index contributed by atoms with van der Waals surface area (Å²) >= 11 is 0. The van der Waals surface area contributed by atoms with E-state index in [1.165, 1.54) is 4.31 Å². The van der Waals surface area contributed by atoms with Crippen LogP contribution in [0.15, 0.2) is 29.2 Å². The van der Waals surface area contributed by atoms with Crippen molar-refractivity contribution in [2.75, 3.05) is 13.1 Å². The Labute approximate surface area is 134 Å². The zero-order valence-electron chi connectivity index (χ0n) is 12.9. The lowest BCUT2D eigenvalue weighted by Crippen LogP contribution is -2.32. The van der Waals surface area contributed by atoms with Gasteiger partial charge in [0.25, 0.3) is 0 Å². The van der Waals surface area contributed by atoms with E-state index >= 15 is 0 Å². The number of hydrogen-bond donors (Lipinski definition) is 1. The van der Waals surface area contributed by atoms with E-state index in [0.717, 1.165) is 18.4 Å². The summed E-state index contributed by atoms with van der Waals surface area (Å²) in [4.78, 5) is 0.363. The number of halogens is 1. The van der Waals surface area contributed by atoms with Gasteiger partial charge in [-0.25, -0.2) is 8.42 Å². The lowest BCUT2D eigenvalue weighted by Gasteiger charge is -2.24. The minimum Gasteiger partial charge on any atom is -0.326 e. The second kappa shape index (κ2) is 6.65. The van der Waals surface area contributed by atoms with Gasteiger partial charge in [0, 0.05) is 19.1 Å². The van der Waals surface area contributed by atoms with E-state index in [1.807, 2.05) is 12.1 Å². The summed E-state index contributed by atoms with van der Waals surface area (Å²) < 4.78 is 26.4. The number of nitrogens with zero attached hydrogens (tertiary/aromatic N) is 1. The van der Waals surface area contributed by atoms with Crippen LogP contribution in [0.2, 0.25) is 0 Å². The molecule has 1 aliphatic heterocycles. The Morgan fingerprint density at radius 3 is 2.29 bits per heavy atom. The number of benzene rings is 1. The van der Waals surface area contributed by atoms with E-state index in [-0.39, 0.29) is 23.9 Å². The molecule has 4 nitrogen and oxygen atoms in total. The Morgan fingerprint density at radius 1 is 1.29 bits per heavy atom. The SMILES string of the molecule is CCC(C)(C)c1ccc(S(=O)(=O)N2CC[C@@H](N)C2)cc1.Cl. The maximum Gasteiger partial charge on any atom is 0.243 e. The van der Waals surface area contributed by atoms with Crippen LogP contribution in [-0.4, -0.2) is 31.9 Å². The molecule has 1 aromatic carbocycles. The maximum atomic E-state index is 12.5. The molecule has 6 heteroatoms. The van der Waals surface area contributed by atoms with Crippen molar-refractivity contribution >= 4 is 22.4 Å². The molecule has 0 radical (unpaired) electrons. The minimum atomic E-state index is -3.39. The zero-order chi connectivity index (χ0) is 15.0. The van der Waals surface area contributed by atoms with Gasteiger partial charge in [-0.15, -0.1) is 12.4 Å². The van der Waals surface area contributed by atoms with Crippen molar-refractivity contribution in [3.63, 3.8) is 0 Å². The maximum absolute atomic E-state index is 12.5. The van der Waals surface area contributed by atoms with Gasteiger partial charge in [0.2, 0.25) is 10.0 Å². The molecule has 0 aromatic heterocycles. The average molecular weight is 333 g/mol. The second-order valence-electron chi connectivity index (χ2n) is 6.17. The molecule has 21 heavy (non-hydrogen) atoms. The Balaban J connectivity index is 0.00000220. The van der Waals surface area contributed by atoms with Crippen LogP contribution in [0.5, 0.6) is 0 Å². The summed E-state index contributed by atoms with van der Waals surface area (Å²) in [5.41, 5.74) is 7.02. The van der Waals surface area contributed by atoms with Gasteiger partial charge in [-0.3, -0.25) is 0 Å². The first-order valence-corrected chi connectivity index (χ1v) is 8.57. The van der Waals surface area contributed by atoms with Crippen molar-refractivity contribution in [1.82, 2.24) is 4.31 Å². The molecule has 1 fully saturated rings. The zero-order valence-corrected chi connectivity index (χ0v) is 14.5. The summed E-state index contributed by atoms with van der Waals surface area (Å²) in [6.07, 6.45) is 1.75. The van der Waals surface area contributed by atoms with Crippen molar-refractivity contribution in [2.45, 2.75) is 50.0 Å². The molecule has 0 aliphatic carbocycles. The first-order valence-electron chi connectivity index (χ1n) is 7.13. The highest BCUT2D eigenvalue weighted by Gasteiger charge is 2.31. The molecule has 0 amide bonds. The van der Waals surface area contributed by atoms with Gasteiger partial charge >= 0.3 is 0 Å². The van der Waals surface area contributed by atoms with Gasteiger partial charge in [0.05, 0.1) is 4.90 Å². The Morgan fingerprint density at radius 2 is 1.86 bits per heavy atom. The highest BCUT2D eigenvalue weighted by molar-refractivity contribution is 7.89. The summed E-state index contributed by atoms with van der Waals surface area (Å²) in [5.74, 6) is 0. The van der Waals surface area contributed by atoms with Crippen molar-refractivity contribution < 1.29 is 8.42 Å². The normalized spacial score (nSPS) is 20.3. The van der Waals surface area contributed by atoms with Gasteiger partial charge in [0.15, 0.2) is 0 Å². The first kappa shape index (κ1) is 18.4. The average Bonchev–Trinajstić information content (AvgIpc) is 2.86. The summed E-state index contributed by atoms with van der Waals surface area (Å²) in [5, 5.41) is 0. The van der Waals surface area contributed by atoms with Crippen LogP contribution in [0, 0.1) is 0 Å². The molecular weight excluding hydrogens is 308 g/mol. The molecule has 0 unspecified atom stereocenters. The fourth-order valence-corrected chi connectivity index (χ4v) is 3.92. The molecule has 1 saturated heterocycles. The van der Waals surface area contributed by atoms with E-state index in [9.17, 15) is 8.42 Å². The van der Waals surface area contributed by atoms with E-state index in [1.54, 1.807) is 12.1 Å². The van der Waals surface area contributed by atoms with E-state index < -0.39 is 10.0 Å². The first-order chi connectivity index (χ1) is 9.27. The standard InChI is InChI=1S/C15H24N2O2S.ClH/c1-4-15(2,3)12-5-7-14(8-6-12)20(18,19)17-10-9-13(16)11-17;/h5-8,13H,4,9-11,16H2,1-3H3;1H/t13-;/m1./s1. The van der Waals surface area contributed by atoms with Crippen LogP contribution in [-0.2, 0) is 15.4 Å². The van der Waals surface area contributed by atoms with Crippen molar-refractivity contribution in [2.24, 2.45) is 5.73 Å². The third-order valence-corrected chi connectivity index (χ3v) is 6.22. The smallest absolute Gasteiger partial charge is 0.243 e. The monoisotopic (exact) mass is 332 g/mol. The van der Waals surface area contributed by atoms with Crippen LogP contribution in [0.25, 0.3) is 0 Å². The molecule has 1 atom stereocenters. The largest absolute Gasteiger partial charge is 0.326 e. The van der Waals surface area contributed by atoms with Gasteiger partial charge in [-0.05, 0) is 36.0 Å². The second-order valence-corrected chi connectivity index (χ2v) is 8.11. The Kier molecular flexibility index (Phi) is 5.83. The summed E-state index contributed by atoms with van der Waals surface area (Å²) in [7, 11) is -3.39. The molecule has 0 saturated carbocycles. The van der Waals surface area contributed by atoms with Gasteiger partial charge < -0.3 is 5.73 Å². The van der Waals surface area contributed by atoms with Crippen molar-refractivity contribution in [3.05, 3.63) is 29.8 Å². The number of rotatable bonds is 4. The molecule has 2 rings (SSSR count). The summed E-state index contributed by atoms with van der Waals surface area (Å²) in [6.45, 7) is 7.40. The lowest BCUT2D eigenvalue weighted by atomic mass is 9.82. The third kappa shape index (κ3) is 3.77. The molecule has 1 aliphatic rings. The molecule has 120 valence electrons. The van der Waals surface area contributed by atoms with E-state index in [4.69, 9.17) is 5.73 Å². The Hall–Kier alpha value is -0.620. The number of nitrogens with two attached hydrogens (primary N) is 1. The van der Waals surface area contributed by atoms with Crippen LogP contribution in [0.1, 0.15) is 39.2 Å². The third-order valence-electron chi connectivity index (χ3n) is 4.34. The Bertz CT molecular complexity index is 570. The van der Waals surface area contributed by atoms with Crippen LogP contribution >= 0.6 is 12.4 Å². The number of sulfonamides is 1. The molecule has 0 bridgehead atoms. The summed E-state index contributed by atoms with van der Waals surface area (Å²) in [6, 6.07) is 7.24. The highest BCUT2D eigenvalue weighted by Crippen LogP contribution is 2.28. The van der Waals surface area contributed by atoms with E-state index in [2.05, 4.69) is 20.8 Å². The van der Waals surface area contributed by atoms with Crippen LogP contribution in [0.3, 0.4) is 0 Å².